The van der Waals surface area contributed by atoms with Crippen molar-refractivity contribution in [1.82, 2.24) is 0 Å². The van der Waals surface area contributed by atoms with Crippen LogP contribution >= 0.6 is 0 Å². The average molecular weight is 420 g/mol. The Morgan fingerprint density at radius 3 is 2.17 bits per heavy atom. The number of aryl methyl sites for hydroxylation is 1. The zero-order valence-corrected chi connectivity index (χ0v) is 15.6. The zero-order chi connectivity index (χ0) is 20.9. The number of carbonyl (C=O) groups excluding carboxylic acids is 1. The Balaban J connectivity index is 0.00000320. The van der Waals surface area contributed by atoms with Crippen molar-refractivity contribution < 1.29 is 39.7 Å². The van der Waals surface area contributed by atoms with E-state index in [-0.39, 0.29) is 19.4 Å². The van der Waals surface area contributed by atoms with Crippen LogP contribution < -0.4 is 0 Å². The van der Waals surface area contributed by atoms with Gasteiger partial charge in [-0.2, -0.15) is 0 Å². The highest BCUT2D eigenvalue weighted by Crippen LogP contribution is 2.35. The van der Waals surface area contributed by atoms with Crippen molar-refractivity contribution in [2.45, 2.75) is 50.5 Å². The Hall–Kier alpha value is -2.33. The molecule has 0 spiro atoms. The molecule has 8 heteroatoms. The van der Waals surface area contributed by atoms with Crippen molar-refractivity contribution in [2.24, 2.45) is 0 Å². The van der Waals surface area contributed by atoms with E-state index in [0.29, 0.717) is 6.42 Å². The summed E-state index contributed by atoms with van der Waals surface area (Å²) in [4.78, 5) is 22.4. The Labute approximate surface area is 175 Å². The van der Waals surface area contributed by atoms with E-state index >= 15 is 0 Å². The molecule has 0 aliphatic carbocycles. The largest absolute Gasteiger partial charge is 0.394 e. The van der Waals surface area contributed by atoms with Gasteiger partial charge in [0.25, 0.3) is 0 Å². The lowest BCUT2D eigenvalue weighted by Gasteiger charge is -2.46. The molecule has 0 saturated carbocycles. The third-order valence-corrected chi connectivity index (χ3v) is 4.91. The van der Waals surface area contributed by atoms with Crippen molar-refractivity contribution in [3.8, 4) is 0 Å². The lowest BCUT2D eigenvalue weighted by molar-refractivity contribution is -0.457. The average Bonchev–Trinajstić information content (AvgIpc) is 2.77. The second-order valence-electron chi connectivity index (χ2n) is 6.88. The summed E-state index contributed by atoms with van der Waals surface area (Å²) in [6.45, 7) is -0.631. The first kappa shape index (κ1) is 23.9. The highest BCUT2D eigenvalue weighted by Gasteiger charge is 2.56. The van der Waals surface area contributed by atoms with E-state index in [1.54, 1.807) is 18.2 Å². The summed E-state index contributed by atoms with van der Waals surface area (Å²) in [5.74, 6) is -2.80. The fourth-order valence-electron chi connectivity index (χ4n) is 3.22. The number of ether oxygens (including phenoxy) is 1. The normalized spacial score (nSPS) is 28.4. The van der Waals surface area contributed by atoms with Crippen LogP contribution in [0.3, 0.4) is 0 Å². The first-order chi connectivity index (χ1) is 14.0. The Bertz CT molecular complexity index is 782. The minimum Gasteiger partial charge on any atom is -0.394 e. The third kappa shape index (κ3) is 5.23. The van der Waals surface area contributed by atoms with Gasteiger partial charge in [-0.25, -0.2) is 4.79 Å². The van der Waals surface area contributed by atoms with Crippen molar-refractivity contribution >= 4 is 5.97 Å². The first-order valence-electron chi connectivity index (χ1n) is 9.29. The van der Waals surface area contributed by atoms with Crippen molar-refractivity contribution in [3.05, 3.63) is 71.8 Å². The molecule has 1 aliphatic rings. The van der Waals surface area contributed by atoms with Gasteiger partial charge in [-0.05, 0) is 24.1 Å². The number of rotatable bonds is 7. The summed E-state index contributed by atoms with van der Waals surface area (Å²) in [7, 11) is 0. The summed E-state index contributed by atoms with van der Waals surface area (Å²) < 4.78 is 5.62. The van der Waals surface area contributed by atoms with Crippen LogP contribution in [0.2, 0.25) is 0 Å². The molecule has 164 valence electrons. The maximum atomic E-state index is 12.3. The van der Waals surface area contributed by atoms with Crippen LogP contribution in [0, 0.1) is 0 Å². The lowest BCUT2D eigenvalue weighted by Crippen LogP contribution is -2.66. The van der Waals surface area contributed by atoms with Gasteiger partial charge in [0, 0.05) is 6.42 Å². The van der Waals surface area contributed by atoms with Gasteiger partial charge in [0.1, 0.15) is 24.4 Å². The number of hydrogen-bond acceptors (Lipinski definition) is 8. The van der Waals surface area contributed by atoms with Gasteiger partial charge in [0.2, 0.25) is 5.79 Å². The van der Waals surface area contributed by atoms with Crippen LogP contribution in [0.1, 0.15) is 29.8 Å². The van der Waals surface area contributed by atoms with Crippen LogP contribution in [-0.4, -0.2) is 63.2 Å². The van der Waals surface area contributed by atoms with Gasteiger partial charge >= 0.3 is 5.97 Å². The van der Waals surface area contributed by atoms with Crippen LogP contribution in [0.15, 0.2) is 60.7 Å². The molecule has 0 amide bonds. The minimum absolute atomic E-state index is 0. The molecule has 8 nitrogen and oxygen atoms in total. The van der Waals surface area contributed by atoms with E-state index in [1.165, 1.54) is 12.1 Å². The van der Waals surface area contributed by atoms with E-state index in [4.69, 9.17) is 14.5 Å². The van der Waals surface area contributed by atoms with Crippen LogP contribution in [0.5, 0.6) is 0 Å². The van der Waals surface area contributed by atoms with Gasteiger partial charge in [-0.3, -0.25) is 4.89 Å². The quantitative estimate of drug-likeness (QED) is 0.389. The molecule has 1 aliphatic heterocycles. The molecule has 0 radical (unpaired) electrons. The molecule has 0 unspecified atom stereocenters. The molecule has 30 heavy (non-hydrogen) atoms. The zero-order valence-electron chi connectivity index (χ0n) is 15.6. The SMILES string of the molecule is C.O=C(OO[C@]1(CCc2ccccc2)O[C@H](CO)[C@@H](O)[C@H](O)[C@H]1O)c1ccccc1. The predicted octanol–water partition coefficient (Wildman–Crippen LogP) is 1.21. The maximum absolute atomic E-state index is 12.3. The number of aliphatic hydroxyl groups excluding tert-OH is 4. The van der Waals surface area contributed by atoms with E-state index in [9.17, 15) is 25.2 Å². The fraction of sp³-hybridized carbons (Fsp3) is 0.409. The van der Waals surface area contributed by atoms with Crippen LogP contribution in [0.25, 0.3) is 0 Å². The number of carbonyl (C=O) groups is 1. The smallest absolute Gasteiger partial charge is 0.373 e. The predicted molar refractivity (Wildman–Crippen MR) is 107 cm³/mol. The summed E-state index contributed by atoms with van der Waals surface area (Å²) in [6, 6.07) is 17.3. The highest BCUT2D eigenvalue weighted by atomic mass is 17.2. The molecule has 4 N–H and O–H groups in total. The van der Waals surface area contributed by atoms with Crippen LogP contribution in [-0.2, 0) is 20.9 Å². The first-order valence-corrected chi connectivity index (χ1v) is 9.29. The van der Waals surface area contributed by atoms with Gasteiger partial charge in [-0.15, -0.1) is 4.89 Å². The standard InChI is InChI=1S/C21H24O8.CH4/c22-13-16-17(23)18(24)19(25)21(27-16,12-11-14-7-3-1-4-8-14)29-28-20(26)15-9-5-2-6-10-15;/h1-10,16-19,22-25H,11-13H2;1H4/t16-,17-,18+,19-,21+;/m1./s1. The second-order valence-corrected chi connectivity index (χ2v) is 6.88. The van der Waals surface area contributed by atoms with Crippen LogP contribution in [0.4, 0.5) is 0 Å². The highest BCUT2D eigenvalue weighted by molar-refractivity contribution is 5.88. The molecule has 3 rings (SSSR count). The van der Waals surface area contributed by atoms with Crippen molar-refractivity contribution in [3.63, 3.8) is 0 Å². The number of hydrogen-bond donors (Lipinski definition) is 4. The Morgan fingerprint density at radius 2 is 1.57 bits per heavy atom. The molecular weight excluding hydrogens is 392 g/mol. The maximum Gasteiger partial charge on any atom is 0.373 e. The summed E-state index contributed by atoms with van der Waals surface area (Å²) in [6.07, 6.45) is -5.84. The Morgan fingerprint density at radius 1 is 0.967 bits per heavy atom. The second kappa shape index (κ2) is 10.6. The van der Waals surface area contributed by atoms with Gasteiger partial charge < -0.3 is 25.2 Å². The minimum atomic E-state index is -1.98. The molecular formula is C22H28O8. The summed E-state index contributed by atoms with van der Waals surface area (Å²) in [5, 5.41) is 40.4. The number of aliphatic hydroxyl groups is 4. The van der Waals surface area contributed by atoms with Gasteiger partial charge in [0.15, 0.2) is 0 Å². The monoisotopic (exact) mass is 420 g/mol. The number of benzene rings is 2. The van der Waals surface area contributed by atoms with Gasteiger partial charge in [-0.1, -0.05) is 56.0 Å². The molecule has 2 aromatic rings. The molecule has 2 aromatic carbocycles. The topological polar surface area (TPSA) is 126 Å². The molecule has 0 bridgehead atoms. The lowest BCUT2D eigenvalue weighted by atomic mass is 9.89. The molecule has 1 heterocycles. The summed E-state index contributed by atoms with van der Waals surface area (Å²) in [5.41, 5.74) is 1.11. The van der Waals surface area contributed by atoms with E-state index in [1.807, 2.05) is 30.3 Å². The summed E-state index contributed by atoms with van der Waals surface area (Å²) >= 11 is 0. The molecule has 1 fully saturated rings. The fourth-order valence-corrected chi connectivity index (χ4v) is 3.22. The Kier molecular flexibility index (Phi) is 8.48. The van der Waals surface area contributed by atoms with E-state index < -0.39 is 42.8 Å². The van der Waals surface area contributed by atoms with E-state index in [0.717, 1.165) is 5.56 Å². The van der Waals surface area contributed by atoms with E-state index in [2.05, 4.69) is 0 Å². The van der Waals surface area contributed by atoms with Gasteiger partial charge in [0.05, 0.1) is 12.2 Å². The van der Waals surface area contributed by atoms with Crippen molar-refractivity contribution in [1.29, 1.82) is 0 Å². The molecule has 0 aromatic heterocycles. The molecule has 1 saturated heterocycles. The van der Waals surface area contributed by atoms with Crippen molar-refractivity contribution in [2.75, 3.05) is 6.61 Å². The molecule has 5 atom stereocenters. The third-order valence-electron chi connectivity index (χ3n) is 4.91.